The van der Waals surface area contributed by atoms with E-state index in [1.54, 1.807) is 6.92 Å². The van der Waals surface area contributed by atoms with Crippen molar-refractivity contribution in [2.24, 2.45) is 0 Å². The van der Waals surface area contributed by atoms with Crippen LogP contribution in [0.5, 0.6) is 0 Å². The van der Waals surface area contributed by atoms with Crippen LogP contribution in [0.3, 0.4) is 0 Å². The molecule has 1 atom stereocenters. The normalized spacial score (nSPS) is 24.2. The number of hydrogen-bond acceptors (Lipinski definition) is 2. The van der Waals surface area contributed by atoms with Crippen molar-refractivity contribution in [3.05, 3.63) is 35.9 Å². The van der Waals surface area contributed by atoms with Crippen LogP contribution in [0, 0.1) is 11.8 Å². The predicted molar refractivity (Wildman–Crippen MR) is 61.5 cm³/mol. The summed E-state index contributed by atoms with van der Waals surface area (Å²) in [4.78, 5) is 11.4. The Morgan fingerprint density at radius 1 is 1.31 bits per heavy atom. The highest BCUT2D eigenvalue weighted by Gasteiger charge is 2.37. The fourth-order valence-corrected chi connectivity index (χ4v) is 2.05. The molecule has 1 fully saturated rings. The van der Waals surface area contributed by atoms with Gasteiger partial charge in [0.25, 0.3) is 0 Å². The van der Waals surface area contributed by atoms with E-state index in [0.717, 1.165) is 18.4 Å². The second kappa shape index (κ2) is 4.40. The first-order valence-corrected chi connectivity index (χ1v) is 5.48. The summed E-state index contributed by atoms with van der Waals surface area (Å²) < 4.78 is 5.49. The summed E-state index contributed by atoms with van der Waals surface area (Å²) in [5.74, 6) is 5.77. The average molecular weight is 214 g/mol. The highest BCUT2D eigenvalue weighted by atomic mass is 16.6. The van der Waals surface area contributed by atoms with Gasteiger partial charge in [-0.15, -0.1) is 5.92 Å². The van der Waals surface area contributed by atoms with Crippen molar-refractivity contribution in [1.82, 2.24) is 0 Å². The van der Waals surface area contributed by atoms with Gasteiger partial charge in [-0.1, -0.05) is 36.3 Å². The molecule has 0 spiro atoms. The molecule has 0 saturated carbocycles. The highest BCUT2D eigenvalue weighted by Crippen LogP contribution is 2.34. The topological polar surface area (TPSA) is 26.3 Å². The van der Waals surface area contributed by atoms with E-state index in [2.05, 4.69) is 11.8 Å². The maximum absolute atomic E-state index is 11.4. The molecule has 0 aromatic heterocycles. The van der Waals surface area contributed by atoms with Crippen LogP contribution in [0.2, 0.25) is 0 Å². The molecular weight excluding hydrogens is 200 g/mol. The largest absolute Gasteiger partial charge is 0.441 e. The van der Waals surface area contributed by atoms with Gasteiger partial charge in [0.2, 0.25) is 0 Å². The van der Waals surface area contributed by atoms with Gasteiger partial charge in [-0.2, -0.15) is 0 Å². The molecular formula is C14H14O2. The summed E-state index contributed by atoms with van der Waals surface area (Å²) in [6, 6.07) is 9.75. The van der Waals surface area contributed by atoms with E-state index in [0.29, 0.717) is 6.42 Å². The maximum Gasteiger partial charge on any atom is 0.307 e. The molecule has 16 heavy (non-hydrogen) atoms. The van der Waals surface area contributed by atoms with Gasteiger partial charge >= 0.3 is 5.97 Å². The van der Waals surface area contributed by atoms with Crippen LogP contribution in [0.15, 0.2) is 30.3 Å². The summed E-state index contributed by atoms with van der Waals surface area (Å²) in [7, 11) is 0. The maximum atomic E-state index is 11.4. The lowest BCUT2D eigenvalue weighted by Crippen LogP contribution is -2.34. The van der Waals surface area contributed by atoms with E-state index in [1.807, 2.05) is 30.3 Å². The molecule has 1 aromatic carbocycles. The fraction of sp³-hybridized carbons (Fsp3) is 0.357. The summed E-state index contributed by atoms with van der Waals surface area (Å²) in [5.41, 5.74) is 0.253. The quantitative estimate of drug-likeness (QED) is 0.530. The number of ether oxygens (including phenoxy) is 1. The molecule has 1 aromatic rings. The molecule has 0 amide bonds. The van der Waals surface area contributed by atoms with Crippen molar-refractivity contribution in [2.45, 2.75) is 31.8 Å². The molecule has 1 aliphatic heterocycles. The zero-order chi connectivity index (χ0) is 11.4. The summed E-state index contributed by atoms with van der Waals surface area (Å²) in [6.07, 6.45) is 2.12. The Morgan fingerprint density at radius 2 is 2.06 bits per heavy atom. The predicted octanol–water partition coefficient (Wildman–Crippen LogP) is 2.63. The lowest BCUT2D eigenvalue weighted by atomic mass is 9.87. The molecule has 1 unspecified atom stereocenters. The zero-order valence-electron chi connectivity index (χ0n) is 9.32. The number of benzene rings is 1. The minimum atomic E-state index is -0.717. The van der Waals surface area contributed by atoms with Crippen molar-refractivity contribution >= 4 is 5.97 Å². The van der Waals surface area contributed by atoms with Crippen molar-refractivity contribution in [3.63, 3.8) is 0 Å². The Balaban J connectivity index is 2.42. The number of cyclic esters (lactones) is 1. The molecule has 1 heterocycles. The second-order valence-electron chi connectivity index (χ2n) is 3.90. The third-order valence-electron chi connectivity index (χ3n) is 2.76. The van der Waals surface area contributed by atoms with Crippen molar-refractivity contribution < 1.29 is 9.53 Å². The monoisotopic (exact) mass is 214 g/mol. The van der Waals surface area contributed by atoms with Gasteiger partial charge in [-0.05, 0) is 13.3 Å². The Kier molecular flexibility index (Phi) is 2.96. The number of carbonyl (C=O) groups is 1. The van der Waals surface area contributed by atoms with Crippen LogP contribution in [0.1, 0.15) is 31.7 Å². The Bertz CT molecular complexity index is 439. The van der Waals surface area contributed by atoms with E-state index in [4.69, 9.17) is 4.74 Å². The van der Waals surface area contributed by atoms with Gasteiger partial charge in [-0.3, -0.25) is 4.79 Å². The van der Waals surface area contributed by atoms with Gasteiger partial charge in [-0.25, -0.2) is 0 Å². The van der Waals surface area contributed by atoms with E-state index in [-0.39, 0.29) is 5.97 Å². The Labute approximate surface area is 95.6 Å². The molecule has 0 bridgehead atoms. The number of esters is 1. The number of rotatable bonds is 1. The third-order valence-corrected chi connectivity index (χ3v) is 2.76. The van der Waals surface area contributed by atoms with Gasteiger partial charge < -0.3 is 4.74 Å². The van der Waals surface area contributed by atoms with Crippen LogP contribution in [-0.2, 0) is 15.1 Å². The van der Waals surface area contributed by atoms with Crippen LogP contribution in [-0.4, -0.2) is 5.97 Å². The van der Waals surface area contributed by atoms with Crippen molar-refractivity contribution in [3.8, 4) is 11.8 Å². The van der Waals surface area contributed by atoms with Crippen molar-refractivity contribution in [1.29, 1.82) is 0 Å². The van der Waals surface area contributed by atoms with Crippen LogP contribution >= 0.6 is 0 Å². The third kappa shape index (κ3) is 1.94. The molecule has 2 nitrogen and oxygen atoms in total. The van der Waals surface area contributed by atoms with E-state index < -0.39 is 5.60 Å². The smallest absolute Gasteiger partial charge is 0.307 e. The van der Waals surface area contributed by atoms with E-state index in [9.17, 15) is 4.79 Å². The molecule has 0 aliphatic carbocycles. The summed E-state index contributed by atoms with van der Waals surface area (Å²) in [5, 5.41) is 0. The molecule has 82 valence electrons. The number of carbonyl (C=O) groups excluding carboxylic acids is 1. The molecule has 0 radical (unpaired) electrons. The first-order chi connectivity index (χ1) is 7.77. The van der Waals surface area contributed by atoms with Crippen LogP contribution < -0.4 is 0 Å². The van der Waals surface area contributed by atoms with Crippen LogP contribution in [0.25, 0.3) is 0 Å². The molecule has 2 heteroatoms. The summed E-state index contributed by atoms with van der Waals surface area (Å²) in [6.45, 7) is 1.77. The molecule has 0 N–H and O–H groups in total. The Hall–Kier alpha value is -1.75. The minimum Gasteiger partial charge on any atom is -0.441 e. The average Bonchev–Trinajstić information content (AvgIpc) is 2.31. The fourth-order valence-electron chi connectivity index (χ4n) is 2.05. The first-order valence-electron chi connectivity index (χ1n) is 5.48. The molecule has 1 saturated heterocycles. The van der Waals surface area contributed by atoms with E-state index >= 15 is 0 Å². The minimum absolute atomic E-state index is 0.155. The van der Waals surface area contributed by atoms with Crippen LogP contribution in [0.4, 0.5) is 0 Å². The van der Waals surface area contributed by atoms with E-state index in [1.165, 1.54) is 0 Å². The standard InChI is InChI=1S/C14H14O2/c1-2-10-14(11-6-9-13(15)16-14)12-7-4-3-5-8-12/h3-5,7-8H,6,9,11H2,1H3. The zero-order valence-corrected chi connectivity index (χ0v) is 9.32. The van der Waals surface area contributed by atoms with Gasteiger partial charge in [0.05, 0.1) is 0 Å². The van der Waals surface area contributed by atoms with Crippen molar-refractivity contribution in [2.75, 3.05) is 0 Å². The SMILES string of the molecule is CC#CC1(c2ccccc2)CCCC(=O)O1. The first kappa shape index (κ1) is 10.8. The Morgan fingerprint density at radius 3 is 2.69 bits per heavy atom. The lowest BCUT2D eigenvalue weighted by Gasteiger charge is -2.32. The lowest BCUT2D eigenvalue weighted by molar-refractivity contribution is -0.161. The molecule has 2 rings (SSSR count). The summed E-state index contributed by atoms with van der Waals surface area (Å²) >= 11 is 0. The van der Waals surface area contributed by atoms with Gasteiger partial charge in [0.1, 0.15) is 0 Å². The van der Waals surface area contributed by atoms with Gasteiger partial charge in [0.15, 0.2) is 5.60 Å². The highest BCUT2D eigenvalue weighted by molar-refractivity contribution is 5.71. The second-order valence-corrected chi connectivity index (χ2v) is 3.90. The number of hydrogen-bond donors (Lipinski definition) is 0. The van der Waals surface area contributed by atoms with Gasteiger partial charge in [0, 0.05) is 18.4 Å². The molecule has 1 aliphatic rings.